The second-order valence-corrected chi connectivity index (χ2v) is 11.7. The molecule has 146 valence electrons. The lowest BCUT2D eigenvalue weighted by atomic mass is 9.97. The molecule has 1 N–H and O–H groups in total. The average molecular weight is 381 g/mol. The molecule has 1 aliphatic heterocycles. The fourth-order valence-electron chi connectivity index (χ4n) is 3.52. The number of allylic oxidation sites excluding steroid dienone is 1. The number of rotatable bonds is 6. The fraction of sp³-hybridized carbons (Fsp3) is 0.684. The first-order valence-corrected chi connectivity index (χ1v) is 12.1. The lowest BCUT2D eigenvalue weighted by Crippen LogP contribution is -2.52. The van der Waals surface area contributed by atoms with Crippen LogP contribution in [0.1, 0.15) is 39.2 Å². The molecule has 1 saturated heterocycles. The summed E-state index contributed by atoms with van der Waals surface area (Å²) < 4.78 is 14.2. The van der Waals surface area contributed by atoms with Gasteiger partial charge >= 0.3 is 5.69 Å². The first kappa shape index (κ1) is 20.9. The highest BCUT2D eigenvalue weighted by Gasteiger charge is 2.50. The molecule has 0 amide bonds. The normalized spacial score (nSPS) is 26.4. The molecule has 7 heteroatoms. The van der Waals surface area contributed by atoms with Gasteiger partial charge in [0, 0.05) is 11.8 Å². The molecule has 6 nitrogen and oxygen atoms in total. The van der Waals surface area contributed by atoms with Crippen molar-refractivity contribution in [3.8, 4) is 0 Å². The van der Waals surface area contributed by atoms with Gasteiger partial charge in [0.15, 0.2) is 0 Å². The van der Waals surface area contributed by atoms with Gasteiger partial charge in [0.1, 0.15) is 5.35 Å². The molecule has 0 saturated carbocycles. The number of aromatic nitrogens is 2. The van der Waals surface area contributed by atoms with E-state index in [1.54, 1.807) is 17.7 Å². The van der Waals surface area contributed by atoms with Crippen LogP contribution in [0.2, 0.25) is 13.1 Å². The minimum atomic E-state index is -1.49. The van der Waals surface area contributed by atoms with Gasteiger partial charge in [0.05, 0.1) is 27.1 Å². The Bertz CT molecular complexity index is 762. The number of aromatic amines is 1. The van der Waals surface area contributed by atoms with Crippen LogP contribution in [0.25, 0.3) is 0 Å². The van der Waals surface area contributed by atoms with Crippen LogP contribution in [-0.2, 0) is 14.8 Å². The van der Waals surface area contributed by atoms with E-state index in [2.05, 4.69) is 24.7 Å². The fourth-order valence-corrected chi connectivity index (χ4v) is 5.49. The Hall–Kier alpha value is -1.44. The van der Waals surface area contributed by atoms with Crippen molar-refractivity contribution in [2.24, 2.45) is 5.92 Å². The molecule has 3 atom stereocenters. The van der Waals surface area contributed by atoms with E-state index in [0.29, 0.717) is 12.2 Å². The van der Waals surface area contributed by atoms with Crippen molar-refractivity contribution < 1.29 is 9.47 Å². The summed E-state index contributed by atoms with van der Waals surface area (Å²) in [4.78, 5) is 26.8. The van der Waals surface area contributed by atoms with Gasteiger partial charge in [-0.25, -0.2) is 4.79 Å². The number of nitrogens with one attached hydrogen (secondary N) is 1. The van der Waals surface area contributed by atoms with Gasteiger partial charge in [-0.05, 0) is 46.5 Å². The lowest BCUT2D eigenvalue weighted by molar-refractivity contribution is -0.107. The molecule has 1 aliphatic rings. The Balaban J connectivity index is 2.45. The van der Waals surface area contributed by atoms with E-state index in [1.165, 1.54) is 0 Å². The Morgan fingerprint density at radius 2 is 2.12 bits per heavy atom. The monoisotopic (exact) mass is 380 g/mol. The maximum absolute atomic E-state index is 12.6. The molecule has 0 unspecified atom stereocenters. The summed E-state index contributed by atoms with van der Waals surface area (Å²) >= 11 is 0. The molecule has 1 fully saturated rings. The van der Waals surface area contributed by atoms with Gasteiger partial charge in [0.2, 0.25) is 0 Å². The van der Waals surface area contributed by atoms with Crippen LogP contribution in [0.3, 0.4) is 0 Å². The van der Waals surface area contributed by atoms with Crippen molar-refractivity contribution in [3.05, 3.63) is 45.3 Å². The van der Waals surface area contributed by atoms with Crippen molar-refractivity contribution in [1.29, 1.82) is 0 Å². The SMILES string of the molecule is C=CC[C@H]1C[C@@](n2cc(C)c(=O)[nH]c2=O)([SiH](C)C)O[C@@H]1COC(C)(C)C. The van der Waals surface area contributed by atoms with Gasteiger partial charge in [0.25, 0.3) is 5.56 Å². The molecule has 26 heavy (non-hydrogen) atoms. The van der Waals surface area contributed by atoms with E-state index in [0.717, 1.165) is 12.8 Å². The van der Waals surface area contributed by atoms with E-state index in [-0.39, 0.29) is 23.2 Å². The standard InChI is InChI=1S/C19H32N2O4Si/c1-8-9-14-10-19(26(6)7,25-15(14)12-24-18(3,4)5)21-11-13(2)16(22)20-17(21)23/h8,11,14-15,26H,1,9-10,12H2,2-7H3,(H,20,22,23)/t14-,15+,19-/m0/s1. The summed E-state index contributed by atoms with van der Waals surface area (Å²) in [6, 6.07) is 0. The molecule has 0 aromatic carbocycles. The van der Waals surface area contributed by atoms with Crippen molar-refractivity contribution in [2.45, 2.75) is 70.7 Å². The Morgan fingerprint density at radius 1 is 1.46 bits per heavy atom. The topological polar surface area (TPSA) is 73.3 Å². The Labute approximate surface area is 156 Å². The number of aryl methyl sites for hydroxylation is 1. The second-order valence-electron chi connectivity index (χ2n) is 8.51. The molecule has 1 aromatic rings. The molecule has 0 bridgehead atoms. The van der Waals surface area contributed by atoms with E-state index >= 15 is 0 Å². The number of hydrogen-bond acceptors (Lipinski definition) is 4. The van der Waals surface area contributed by atoms with Crippen LogP contribution in [0.5, 0.6) is 0 Å². The molecular formula is C19H32N2O4Si. The lowest BCUT2D eigenvalue weighted by Gasteiger charge is -2.35. The molecule has 0 radical (unpaired) electrons. The van der Waals surface area contributed by atoms with Crippen LogP contribution in [0.4, 0.5) is 0 Å². The smallest absolute Gasteiger partial charge is 0.330 e. The first-order chi connectivity index (χ1) is 12.0. The van der Waals surface area contributed by atoms with Crippen molar-refractivity contribution in [2.75, 3.05) is 6.61 Å². The van der Waals surface area contributed by atoms with Crippen LogP contribution < -0.4 is 11.2 Å². The highest BCUT2D eigenvalue weighted by molar-refractivity contribution is 6.58. The largest absolute Gasteiger partial charge is 0.373 e. The second kappa shape index (κ2) is 7.66. The van der Waals surface area contributed by atoms with Crippen molar-refractivity contribution >= 4 is 8.80 Å². The third kappa shape index (κ3) is 4.27. The maximum Gasteiger partial charge on any atom is 0.330 e. The zero-order valence-corrected chi connectivity index (χ0v) is 18.0. The maximum atomic E-state index is 12.6. The summed E-state index contributed by atoms with van der Waals surface area (Å²) in [5.74, 6) is 0.226. The molecule has 2 rings (SSSR count). The summed E-state index contributed by atoms with van der Waals surface area (Å²) in [7, 11) is -1.49. The quantitative estimate of drug-likeness (QED) is 0.607. The molecule has 0 spiro atoms. The summed E-state index contributed by atoms with van der Waals surface area (Å²) in [6.07, 6.45) is 4.97. The zero-order valence-electron chi connectivity index (χ0n) is 16.8. The van der Waals surface area contributed by atoms with Gasteiger partial charge in [-0.2, -0.15) is 0 Å². The predicted molar refractivity (Wildman–Crippen MR) is 106 cm³/mol. The van der Waals surface area contributed by atoms with E-state index < -0.39 is 19.8 Å². The molecule has 0 aliphatic carbocycles. The minimum absolute atomic E-state index is 0.110. The number of nitrogens with zero attached hydrogens (tertiary/aromatic N) is 1. The van der Waals surface area contributed by atoms with Crippen LogP contribution in [-0.4, -0.2) is 36.7 Å². The number of H-pyrrole nitrogens is 1. The summed E-state index contributed by atoms with van der Waals surface area (Å²) in [6.45, 7) is 16.5. The highest BCUT2D eigenvalue weighted by atomic mass is 28.3. The van der Waals surface area contributed by atoms with E-state index in [1.807, 2.05) is 26.8 Å². The Morgan fingerprint density at radius 3 is 2.65 bits per heavy atom. The number of ether oxygens (including phenoxy) is 2. The molecular weight excluding hydrogens is 348 g/mol. The van der Waals surface area contributed by atoms with Crippen molar-refractivity contribution in [3.63, 3.8) is 0 Å². The predicted octanol–water partition coefficient (Wildman–Crippen LogP) is 2.32. The van der Waals surface area contributed by atoms with Crippen molar-refractivity contribution in [1.82, 2.24) is 9.55 Å². The molecule has 2 heterocycles. The zero-order chi connectivity index (χ0) is 19.7. The third-order valence-electron chi connectivity index (χ3n) is 5.02. The number of hydrogen-bond donors (Lipinski definition) is 1. The van der Waals surface area contributed by atoms with Crippen LogP contribution in [0.15, 0.2) is 28.4 Å². The summed E-state index contributed by atoms with van der Waals surface area (Å²) in [5, 5.41) is -0.675. The van der Waals surface area contributed by atoms with Gasteiger partial charge in [-0.15, -0.1) is 6.58 Å². The van der Waals surface area contributed by atoms with E-state index in [9.17, 15) is 9.59 Å². The van der Waals surface area contributed by atoms with Gasteiger partial charge < -0.3 is 9.47 Å². The third-order valence-corrected chi connectivity index (χ3v) is 7.47. The molecule has 1 aromatic heterocycles. The summed E-state index contributed by atoms with van der Waals surface area (Å²) in [5.41, 5.74) is -0.498. The Kier molecular flexibility index (Phi) is 6.15. The highest BCUT2D eigenvalue weighted by Crippen LogP contribution is 2.42. The van der Waals surface area contributed by atoms with Gasteiger partial charge in [-0.3, -0.25) is 14.3 Å². The van der Waals surface area contributed by atoms with Crippen LogP contribution >= 0.6 is 0 Å². The van der Waals surface area contributed by atoms with Gasteiger partial charge in [-0.1, -0.05) is 19.2 Å². The van der Waals surface area contributed by atoms with Crippen LogP contribution in [0, 0.1) is 12.8 Å². The first-order valence-electron chi connectivity index (χ1n) is 9.26. The average Bonchev–Trinajstić information content (AvgIpc) is 2.88. The minimum Gasteiger partial charge on any atom is -0.373 e. The van der Waals surface area contributed by atoms with E-state index in [4.69, 9.17) is 9.47 Å².